The van der Waals surface area contributed by atoms with Crippen molar-refractivity contribution in [2.24, 2.45) is 0 Å². The molecule has 2 aromatic carbocycles. The molecule has 4 rings (SSSR count). The molecule has 0 amide bonds. The van der Waals surface area contributed by atoms with E-state index in [9.17, 15) is 14.3 Å². The number of aliphatic hydroxyl groups is 1. The number of benzene rings is 2. The summed E-state index contributed by atoms with van der Waals surface area (Å²) in [6.07, 6.45) is 4.49. The van der Waals surface area contributed by atoms with E-state index in [1.807, 2.05) is 26.9 Å². The van der Waals surface area contributed by atoms with Gasteiger partial charge in [0.1, 0.15) is 23.6 Å². The summed E-state index contributed by atoms with van der Waals surface area (Å²) in [5, 5.41) is 23.1. The Balaban J connectivity index is 1.74. The Labute approximate surface area is 214 Å². The van der Waals surface area contributed by atoms with Crippen molar-refractivity contribution in [3.05, 3.63) is 88.9 Å². The number of rotatable bonds is 9. The maximum Gasteiger partial charge on any atom is 0.333 e. The first-order valence-electron chi connectivity index (χ1n) is 11.9. The van der Waals surface area contributed by atoms with E-state index in [0.29, 0.717) is 11.4 Å². The summed E-state index contributed by atoms with van der Waals surface area (Å²) in [6.45, 7) is 9.28. The van der Waals surface area contributed by atoms with Crippen LogP contribution < -0.4 is 5.69 Å². The summed E-state index contributed by atoms with van der Waals surface area (Å²) in [5.41, 5.74) is -1.05. The molecule has 0 unspecified atom stereocenters. The van der Waals surface area contributed by atoms with Crippen molar-refractivity contribution in [2.75, 3.05) is 0 Å². The van der Waals surface area contributed by atoms with Crippen LogP contribution in [0.4, 0.5) is 8.78 Å². The highest BCUT2D eigenvalue weighted by Crippen LogP contribution is 2.41. The second-order valence-corrected chi connectivity index (χ2v) is 14.1. The Kier molecular flexibility index (Phi) is 7.26. The Morgan fingerprint density at radius 3 is 2.32 bits per heavy atom. The molecule has 4 aromatic rings. The van der Waals surface area contributed by atoms with Crippen LogP contribution in [-0.4, -0.2) is 48.9 Å². The fourth-order valence-corrected chi connectivity index (χ4v) is 7.94. The normalized spacial score (nSPS) is 14.6. The average Bonchev–Trinajstić information content (AvgIpc) is 3.47. The summed E-state index contributed by atoms with van der Waals surface area (Å²) in [6, 6.07) is 9.28. The van der Waals surface area contributed by atoms with Crippen LogP contribution >= 0.6 is 0 Å². The molecule has 0 aliphatic rings. The summed E-state index contributed by atoms with van der Waals surface area (Å²) in [5.74, 6) is -1.63. The second-order valence-electron chi connectivity index (χ2n) is 9.96. The molecule has 0 aliphatic carbocycles. The lowest BCUT2D eigenvalue weighted by Crippen LogP contribution is -2.47. The van der Waals surface area contributed by atoms with Gasteiger partial charge in [-0.3, -0.25) is 9.13 Å². The van der Waals surface area contributed by atoms with E-state index in [2.05, 4.69) is 15.5 Å². The van der Waals surface area contributed by atoms with Crippen molar-refractivity contribution in [3.8, 4) is 11.4 Å². The number of hydrogen-bond donors (Lipinski definition) is 1. The first-order valence-corrected chi connectivity index (χ1v) is 15.0. The van der Waals surface area contributed by atoms with Gasteiger partial charge in [-0.2, -0.15) is 0 Å². The summed E-state index contributed by atoms with van der Waals surface area (Å²) in [7, 11) is -2.58. The van der Waals surface area contributed by atoms with Gasteiger partial charge in [0.2, 0.25) is 0 Å². The lowest BCUT2D eigenvalue weighted by atomic mass is 9.88. The highest BCUT2D eigenvalue weighted by atomic mass is 28.4. The highest BCUT2D eigenvalue weighted by molar-refractivity contribution is 6.71. The largest absolute Gasteiger partial charge is 0.415 e. The molecular formula is C25H30F2N6O3Si. The van der Waals surface area contributed by atoms with Gasteiger partial charge in [0.05, 0.1) is 17.4 Å². The fraction of sp³-hybridized carbons (Fsp3) is 0.360. The molecule has 2 aromatic heterocycles. The number of halogens is 2. The maximum absolute atomic E-state index is 15.1. The fourth-order valence-electron chi connectivity index (χ4n) is 4.79. The molecule has 196 valence electrons. The van der Waals surface area contributed by atoms with Crippen molar-refractivity contribution in [1.82, 2.24) is 29.3 Å². The van der Waals surface area contributed by atoms with Gasteiger partial charge >= 0.3 is 5.69 Å². The van der Waals surface area contributed by atoms with Crippen LogP contribution in [0.3, 0.4) is 0 Å². The minimum Gasteiger partial charge on any atom is -0.415 e. The molecule has 0 fully saturated rings. The van der Waals surface area contributed by atoms with Gasteiger partial charge in [-0.25, -0.2) is 18.3 Å². The summed E-state index contributed by atoms with van der Waals surface area (Å²) >= 11 is 0. The number of imidazole rings is 1. The van der Waals surface area contributed by atoms with Crippen molar-refractivity contribution in [1.29, 1.82) is 0 Å². The lowest BCUT2D eigenvalue weighted by molar-refractivity contribution is -0.00269. The Hall–Kier alpha value is -3.48. The zero-order valence-electron chi connectivity index (χ0n) is 21.3. The minimum absolute atomic E-state index is 0.0835. The predicted molar refractivity (Wildman–Crippen MR) is 136 cm³/mol. The van der Waals surface area contributed by atoms with E-state index in [-0.39, 0.29) is 17.7 Å². The standard InChI is InChI=1S/C25H30F2N6O3Si/c1-17(2)36-37(4,5)15-25(35,22-11-6-19(26)14-23(22)27)18(3)31-12-13-32(24(31)34)20-7-9-21(10-8-20)33-16-28-29-30-33/h6-14,16-18,35H,15H2,1-5H3/t18-,25+/m1/s1. The summed E-state index contributed by atoms with van der Waals surface area (Å²) < 4.78 is 39.2. The molecule has 2 atom stereocenters. The monoisotopic (exact) mass is 528 g/mol. The Bertz CT molecular complexity index is 1420. The van der Waals surface area contributed by atoms with E-state index in [4.69, 9.17) is 4.43 Å². The van der Waals surface area contributed by atoms with Gasteiger partial charge < -0.3 is 9.53 Å². The molecule has 0 saturated carbocycles. The molecule has 37 heavy (non-hydrogen) atoms. The van der Waals surface area contributed by atoms with Crippen molar-refractivity contribution < 1.29 is 18.3 Å². The van der Waals surface area contributed by atoms with Crippen molar-refractivity contribution in [3.63, 3.8) is 0 Å². The number of nitrogens with zero attached hydrogens (tertiary/aromatic N) is 6. The smallest absolute Gasteiger partial charge is 0.333 e. The molecule has 0 spiro atoms. The second kappa shape index (κ2) is 10.1. The molecule has 0 saturated heterocycles. The van der Waals surface area contributed by atoms with Gasteiger partial charge in [-0.15, -0.1) is 5.10 Å². The van der Waals surface area contributed by atoms with Crippen LogP contribution in [0.2, 0.25) is 19.1 Å². The van der Waals surface area contributed by atoms with Crippen molar-refractivity contribution in [2.45, 2.75) is 57.7 Å². The topological polar surface area (TPSA) is 100.0 Å². The zero-order valence-corrected chi connectivity index (χ0v) is 22.3. The van der Waals surface area contributed by atoms with Gasteiger partial charge in [0.15, 0.2) is 8.32 Å². The third-order valence-corrected chi connectivity index (χ3v) is 8.80. The van der Waals surface area contributed by atoms with Crippen molar-refractivity contribution >= 4 is 8.32 Å². The molecular weight excluding hydrogens is 498 g/mol. The SMILES string of the molecule is CC(C)O[Si](C)(C)C[C@@](O)(c1ccc(F)cc1F)[C@@H](C)n1ccn(-c2ccc(-n3cnnn3)cc2)c1=O. The van der Waals surface area contributed by atoms with Crippen LogP contribution in [-0.2, 0) is 10.0 Å². The summed E-state index contributed by atoms with van der Waals surface area (Å²) in [4.78, 5) is 13.5. The number of hydrogen-bond acceptors (Lipinski definition) is 6. The zero-order chi connectivity index (χ0) is 27.0. The first kappa shape index (κ1) is 26.6. The van der Waals surface area contributed by atoms with Gasteiger partial charge in [-0.1, -0.05) is 6.07 Å². The molecule has 0 aliphatic heterocycles. The third-order valence-electron chi connectivity index (χ3n) is 6.30. The molecule has 0 bridgehead atoms. The maximum atomic E-state index is 15.1. The molecule has 9 nitrogen and oxygen atoms in total. The number of aromatic nitrogens is 6. The van der Waals surface area contributed by atoms with E-state index in [0.717, 1.165) is 12.1 Å². The molecule has 1 N–H and O–H groups in total. The molecule has 2 heterocycles. The predicted octanol–water partition coefficient (Wildman–Crippen LogP) is 3.97. The third kappa shape index (κ3) is 5.45. The van der Waals surface area contributed by atoms with Gasteiger partial charge in [-0.05, 0) is 74.6 Å². The van der Waals surface area contributed by atoms with E-state index in [1.54, 1.807) is 43.6 Å². The number of tetrazole rings is 1. The quantitative estimate of drug-likeness (QED) is 0.330. The van der Waals surface area contributed by atoms with Crippen LogP contribution in [0, 0.1) is 11.6 Å². The highest BCUT2D eigenvalue weighted by Gasteiger charge is 2.46. The van der Waals surface area contributed by atoms with Crippen LogP contribution in [0.1, 0.15) is 32.4 Å². The van der Waals surface area contributed by atoms with Gasteiger partial charge in [0.25, 0.3) is 0 Å². The van der Waals surface area contributed by atoms with Gasteiger partial charge in [0, 0.05) is 36.2 Å². The van der Waals surface area contributed by atoms with E-state index in [1.165, 1.54) is 26.2 Å². The Morgan fingerprint density at radius 2 is 1.73 bits per heavy atom. The van der Waals surface area contributed by atoms with E-state index < -0.39 is 37.3 Å². The van der Waals surface area contributed by atoms with Crippen LogP contribution in [0.15, 0.2) is 66.0 Å². The average molecular weight is 529 g/mol. The van der Waals surface area contributed by atoms with Crippen LogP contribution in [0.25, 0.3) is 11.4 Å². The molecule has 12 heteroatoms. The Morgan fingerprint density at radius 1 is 1.05 bits per heavy atom. The lowest BCUT2D eigenvalue weighted by Gasteiger charge is -2.40. The minimum atomic E-state index is -2.58. The van der Waals surface area contributed by atoms with E-state index >= 15 is 4.39 Å². The van der Waals surface area contributed by atoms with Crippen LogP contribution in [0.5, 0.6) is 0 Å². The first-order chi connectivity index (χ1) is 17.4. The molecule has 0 radical (unpaired) electrons.